The monoisotopic (exact) mass is 257 g/mol. The molecule has 1 fully saturated rings. The lowest BCUT2D eigenvalue weighted by molar-refractivity contribution is -0.156. The number of esters is 1. The lowest BCUT2D eigenvalue weighted by atomic mass is 9.70. The third-order valence-electron chi connectivity index (χ3n) is 3.83. The van der Waals surface area contributed by atoms with Gasteiger partial charge in [0, 0.05) is 12.1 Å². The number of nitrogens with zero attached hydrogens (tertiary/aromatic N) is 1. The van der Waals surface area contributed by atoms with Gasteiger partial charge in [0.15, 0.2) is 0 Å². The van der Waals surface area contributed by atoms with Crippen molar-refractivity contribution in [2.75, 3.05) is 26.3 Å². The Morgan fingerprint density at radius 3 is 2.22 bits per heavy atom. The van der Waals surface area contributed by atoms with E-state index in [4.69, 9.17) is 9.47 Å². The molecule has 0 atom stereocenters. The summed E-state index contributed by atoms with van der Waals surface area (Å²) in [5.41, 5.74) is -0.0322. The van der Waals surface area contributed by atoms with Crippen molar-refractivity contribution in [1.82, 2.24) is 4.90 Å². The van der Waals surface area contributed by atoms with Gasteiger partial charge in [0.05, 0.1) is 19.1 Å². The number of carbonyl (C=O) groups excluding carboxylic acids is 1. The Hall–Kier alpha value is -0.610. The molecule has 0 unspecified atom stereocenters. The van der Waals surface area contributed by atoms with Gasteiger partial charge in [0.1, 0.15) is 0 Å². The van der Waals surface area contributed by atoms with E-state index in [2.05, 4.69) is 18.7 Å². The van der Waals surface area contributed by atoms with Gasteiger partial charge in [0.2, 0.25) is 0 Å². The summed E-state index contributed by atoms with van der Waals surface area (Å²) in [6, 6.07) is 0. The molecule has 0 aromatic carbocycles. The van der Waals surface area contributed by atoms with Crippen molar-refractivity contribution in [1.29, 1.82) is 0 Å². The average molecular weight is 257 g/mol. The normalized spacial score (nSPS) is 27.1. The van der Waals surface area contributed by atoms with Crippen LogP contribution in [0.3, 0.4) is 0 Å². The summed E-state index contributed by atoms with van der Waals surface area (Å²) in [7, 11) is 0. The van der Waals surface area contributed by atoms with E-state index in [1.807, 2.05) is 13.8 Å². The van der Waals surface area contributed by atoms with E-state index >= 15 is 0 Å². The number of rotatable bonds is 8. The van der Waals surface area contributed by atoms with Crippen LogP contribution in [-0.2, 0) is 14.3 Å². The molecule has 4 nitrogen and oxygen atoms in total. The molecule has 18 heavy (non-hydrogen) atoms. The van der Waals surface area contributed by atoms with Crippen LogP contribution < -0.4 is 0 Å². The molecule has 0 bridgehead atoms. The molecule has 106 valence electrons. The fraction of sp³-hybridized carbons (Fsp3) is 0.929. The molecule has 0 aliphatic heterocycles. The zero-order chi connectivity index (χ0) is 13.6. The summed E-state index contributed by atoms with van der Waals surface area (Å²) in [5, 5.41) is 0. The largest absolute Gasteiger partial charge is 0.466 e. The first-order valence-corrected chi connectivity index (χ1v) is 7.14. The standard InChI is InChI=1S/C14H27NO3/c1-5-15(6-2)14(11-13(16)18-8-4)9-12(10-14)17-7-3/h12H,5-11H2,1-4H3. The van der Waals surface area contributed by atoms with Crippen molar-refractivity contribution in [3.63, 3.8) is 0 Å². The molecule has 0 radical (unpaired) electrons. The molecule has 1 rings (SSSR count). The van der Waals surface area contributed by atoms with Crippen LogP contribution in [0.5, 0.6) is 0 Å². The van der Waals surface area contributed by atoms with E-state index in [1.165, 1.54) is 0 Å². The minimum atomic E-state index is -0.0839. The van der Waals surface area contributed by atoms with E-state index in [0.717, 1.165) is 32.5 Å². The molecule has 1 aliphatic rings. The van der Waals surface area contributed by atoms with Gasteiger partial charge in [-0.05, 0) is 39.8 Å². The van der Waals surface area contributed by atoms with E-state index in [0.29, 0.717) is 19.1 Å². The van der Waals surface area contributed by atoms with Gasteiger partial charge >= 0.3 is 5.97 Å². The Balaban J connectivity index is 2.62. The second-order valence-corrected chi connectivity index (χ2v) is 4.86. The van der Waals surface area contributed by atoms with Gasteiger partial charge in [-0.25, -0.2) is 0 Å². The molecule has 4 heteroatoms. The fourth-order valence-electron chi connectivity index (χ4n) is 3.03. The summed E-state index contributed by atoms with van der Waals surface area (Å²) in [6.45, 7) is 11.3. The molecule has 0 heterocycles. The van der Waals surface area contributed by atoms with Crippen molar-refractivity contribution in [3.05, 3.63) is 0 Å². The van der Waals surface area contributed by atoms with Gasteiger partial charge in [-0.15, -0.1) is 0 Å². The van der Waals surface area contributed by atoms with Crippen LogP contribution >= 0.6 is 0 Å². The molecule has 1 saturated carbocycles. The van der Waals surface area contributed by atoms with Crippen LogP contribution in [0.15, 0.2) is 0 Å². The molecular formula is C14H27NO3. The Morgan fingerprint density at radius 1 is 1.17 bits per heavy atom. The summed E-state index contributed by atoms with van der Waals surface area (Å²) in [5.74, 6) is -0.0839. The van der Waals surface area contributed by atoms with Crippen LogP contribution in [-0.4, -0.2) is 48.8 Å². The minimum absolute atomic E-state index is 0.0322. The first-order valence-electron chi connectivity index (χ1n) is 7.14. The van der Waals surface area contributed by atoms with Crippen molar-refractivity contribution in [2.24, 2.45) is 0 Å². The van der Waals surface area contributed by atoms with E-state index in [9.17, 15) is 4.79 Å². The van der Waals surface area contributed by atoms with Crippen LogP contribution in [0, 0.1) is 0 Å². The van der Waals surface area contributed by atoms with Crippen LogP contribution in [0.2, 0.25) is 0 Å². The number of carbonyl (C=O) groups is 1. The first-order chi connectivity index (χ1) is 8.61. The maximum atomic E-state index is 11.8. The summed E-state index contributed by atoms with van der Waals surface area (Å²) < 4.78 is 10.7. The van der Waals surface area contributed by atoms with Gasteiger partial charge in [0.25, 0.3) is 0 Å². The second-order valence-electron chi connectivity index (χ2n) is 4.86. The number of hydrogen-bond donors (Lipinski definition) is 0. The molecule has 0 amide bonds. The number of ether oxygens (including phenoxy) is 2. The topological polar surface area (TPSA) is 38.8 Å². The van der Waals surface area contributed by atoms with Gasteiger partial charge < -0.3 is 9.47 Å². The van der Waals surface area contributed by atoms with E-state index in [1.54, 1.807) is 0 Å². The summed E-state index contributed by atoms with van der Waals surface area (Å²) in [4.78, 5) is 14.1. The molecule has 0 N–H and O–H groups in total. The van der Waals surface area contributed by atoms with Gasteiger partial charge in [-0.3, -0.25) is 9.69 Å². The Labute approximate surface area is 111 Å². The lowest BCUT2D eigenvalue weighted by Crippen LogP contribution is -2.61. The third-order valence-corrected chi connectivity index (χ3v) is 3.83. The fourth-order valence-corrected chi connectivity index (χ4v) is 3.03. The highest BCUT2D eigenvalue weighted by Crippen LogP contribution is 2.42. The van der Waals surface area contributed by atoms with E-state index in [-0.39, 0.29) is 11.5 Å². The molecule has 1 aliphatic carbocycles. The Bertz CT molecular complexity index is 258. The van der Waals surface area contributed by atoms with Crippen molar-refractivity contribution in [2.45, 2.75) is 58.6 Å². The minimum Gasteiger partial charge on any atom is -0.466 e. The predicted octanol–water partition coefficient (Wildman–Crippen LogP) is 2.22. The highest BCUT2D eigenvalue weighted by atomic mass is 16.5. The van der Waals surface area contributed by atoms with Crippen molar-refractivity contribution in [3.8, 4) is 0 Å². The predicted molar refractivity (Wildman–Crippen MR) is 71.6 cm³/mol. The highest BCUT2D eigenvalue weighted by Gasteiger charge is 2.49. The van der Waals surface area contributed by atoms with E-state index < -0.39 is 0 Å². The molecule has 0 aromatic heterocycles. The smallest absolute Gasteiger partial charge is 0.307 e. The highest BCUT2D eigenvalue weighted by molar-refractivity contribution is 5.71. The SMILES string of the molecule is CCOC(=O)CC1(N(CC)CC)CC(OCC)C1. The quantitative estimate of drug-likeness (QED) is 0.625. The lowest BCUT2D eigenvalue weighted by Gasteiger charge is -2.53. The first kappa shape index (κ1) is 15.4. The zero-order valence-corrected chi connectivity index (χ0v) is 12.2. The molecule has 0 spiro atoms. The molecule has 0 aromatic rings. The van der Waals surface area contributed by atoms with Crippen LogP contribution in [0.25, 0.3) is 0 Å². The maximum Gasteiger partial charge on any atom is 0.307 e. The summed E-state index contributed by atoms with van der Waals surface area (Å²) >= 11 is 0. The summed E-state index contributed by atoms with van der Waals surface area (Å²) in [6.07, 6.45) is 2.69. The average Bonchev–Trinajstić information content (AvgIpc) is 2.28. The maximum absolute atomic E-state index is 11.8. The van der Waals surface area contributed by atoms with Crippen molar-refractivity contribution < 1.29 is 14.3 Å². The van der Waals surface area contributed by atoms with Crippen LogP contribution in [0.4, 0.5) is 0 Å². The molecule has 0 saturated heterocycles. The Kier molecular flexibility index (Phi) is 6.09. The zero-order valence-electron chi connectivity index (χ0n) is 12.2. The number of hydrogen-bond acceptors (Lipinski definition) is 4. The van der Waals surface area contributed by atoms with Crippen molar-refractivity contribution >= 4 is 5.97 Å². The second kappa shape index (κ2) is 7.10. The third kappa shape index (κ3) is 3.45. The Morgan fingerprint density at radius 2 is 1.78 bits per heavy atom. The van der Waals surface area contributed by atoms with Gasteiger partial charge in [-0.2, -0.15) is 0 Å². The molecular weight excluding hydrogens is 230 g/mol. The van der Waals surface area contributed by atoms with Gasteiger partial charge in [-0.1, -0.05) is 13.8 Å². The van der Waals surface area contributed by atoms with Crippen LogP contribution in [0.1, 0.15) is 47.0 Å².